The van der Waals surface area contributed by atoms with Crippen LogP contribution in [0.1, 0.15) is 15.2 Å². The minimum absolute atomic E-state index is 0.0660. The van der Waals surface area contributed by atoms with E-state index >= 15 is 0 Å². The average molecular weight is 385 g/mol. The molecule has 0 saturated carbocycles. The van der Waals surface area contributed by atoms with Crippen molar-refractivity contribution in [3.8, 4) is 5.75 Å². The zero-order valence-electron chi connectivity index (χ0n) is 14.4. The molecule has 3 aromatic rings. The molecule has 2 amide bonds. The van der Waals surface area contributed by atoms with Gasteiger partial charge in [0.15, 0.2) is 11.7 Å². The van der Waals surface area contributed by atoms with Crippen LogP contribution in [-0.4, -0.2) is 23.4 Å². The lowest BCUT2D eigenvalue weighted by molar-refractivity contribution is -0.118. The fourth-order valence-electron chi connectivity index (χ4n) is 2.25. The lowest BCUT2D eigenvalue weighted by Crippen LogP contribution is -2.22. The Balaban J connectivity index is 1.64. The number of nitrogens with zero attached hydrogens (tertiary/aromatic N) is 1. The number of para-hydroxylation sites is 2. The van der Waals surface area contributed by atoms with Crippen LogP contribution in [0.2, 0.25) is 0 Å². The normalized spacial score (nSPS) is 10.3. The number of hydrogen-bond acceptors (Lipinski definition) is 5. The highest BCUT2D eigenvalue weighted by atomic mass is 32.1. The number of carbonyl (C=O) groups excluding carboxylic acids is 2. The summed E-state index contributed by atoms with van der Waals surface area (Å²) in [6.07, 6.45) is 1.66. The van der Waals surface area contributed by atoms with Gasteiger partial charge in [-0.3, -0.25) is 14.9 Å². The molecule has 2 aromatic carbocycles. The first kappa shape index (κ1) is 18.5. The summed E-state index contributed by atoms with van der Waals surface area (Å²) in [6, 6.07) is 12.4. The lowest BCUT2D eigenvalue weighted by Gasteiger charge is -2.11. The van der Waals surface area contributed by atoms with Gasteiger partial charge in [0, 0.05) is 11.1 Å². The van der Waals surface area contributed by atoms with Crippen molar-refractivity contribution in [3.05, 3.63) is 71.0 Å². The Kier molecular flexibility index (Phi) is 5.77. The Morgan fingerprint density at radius 2 is 1.85 bits per heavy atom. The van der Waals surface area contributed by atoms with Gasteiger partial charge in [-0.15, -0.1) is 11.3 Å². The number of ether oxygens (including phenoxy) is 1. The molecule has 1 aromatic heterocycles. The molecule has 0 atom stereocenters. The van der Waals surface area contributed by atoms with Gasteiger partial charge in [0.05, 0.1) is 11.3 Å². The number of hydrogen-bond donors (Lipinski definition) is 2. The smallest absolute Gasteiger partial charge is 0.262 e. The quantitative estimate of drug-likeness (QED) is 0.675. The summed E-state index contributed by atoms with van der Waals surface area (Å²) in [5.74, 6) is -1.23. The van der Waals surface area contributed by atoms with Crippen LogP contribution in [0.5, 0.6) is 5.75 Å². The number of nitrogens with one attached hydrogen (secondary N) is 2. The van der Waals surface area contributed by atoms with E-state index in [9.17, 15) is 14.0 Å². The summed E-state index contributed by atoms with van der Waals surface area (Å²) in [5, 5.41) is 5.59. The highest BCUT2D eigenvalue weighted by Gasteiger charge is 2.15. The number of aryl methyl sites for hydroxylation is 1. The molecule has 0 spiro atoms. The van der Waals surface area contributed by atoms with Gasteiger partial charge in [-0.2, -0.15) is 0 Å². The number of carbonyl (C=O) groups is 2. The predicted octanol–water partition coefficient (Wildman–Crippen LogP) is 3.86. The van der Waals surface area contributed by atoms with E-state index in [1.54, 1.807) is 36.5 Å². The summed E-state index contributed by atoms with van der Waals surface area (Å²) < 4.78 is 19.0. The molecule has 27 heavy (non-hydrogen) atoms. The lowest BCUT2D eigenvalue weighted by atomic mass is 10.2. The Bertz CT molecular complexity index is 974. The number of halogens is 1. The van der Waals surface area contributed by atoms with E-state index in [-0.39, 0.29) is 23.6 Å². The Morgan fingerprint density at radius 1 is 1.11 bits per heavy atom. The van der Waals surface area contributed by atoms with Crippen LogP contribution in [0.25, 0.3) is 0 Å². The van der Waals surface area contributed by atoms with E-state index in [0.717, 1.165) is 4.88 Å². The van der Waals surface area contributed by atoms with E-state index in [2.05, 4.69) is 15.6 Å². The summed E-state index contributed by atoms with van der Waals surface area (Å²) in [5.41, 5.74) is 0.334. The Morgan fingerprint density at radius 3 is 2.59 bits per heavy atom. The molecule has 2 N–H and O–H groups in total. The van der Waals surface area contributed by atoms with E-state index in [0.29, 0.717) is 5.13 Å². The second-order valence-electron chi connectivity index (χ2n) is 5.54. The number of thiazole rings is 1. The largest absolute Gasteiger partial charge is 0.483 e. The third-order valence-corrected chi connectivity index (χ3v) is 4.31. The molecule has 0 bridgehead atoms. The molecule has 3 rings (SSSR count). The van der Waals surface area contributed by atoms with E-state index in [4.69, 9.17) is 4.74 Å². The zero-order chi connectivity index (χ0) is 19.2. The SMILES string of the molecule is Cc1cnc(NC(=O)c2ccccc2OCC(=O)Nc2ccccc2F)s1. The molecule has 8 heteroatoms. The van der Waals surface area contributed by atoms with Crippen LogP contribution < -0.4 is 15.4 Å². The maximum absolute atomic E-state index is 13.6. The number of anilines is 2. The summed E-state index contributed by atoms with van der Waals surface area (Å²) in [7, 11) is 0. The average Bonchev–Trinajstić information content (AvgIpc) is 3.07. The van der Waals surface area contributed by atoms with Gasteiger partial charge >= 0.3 is 0 Å². The van der Waals surface area contributed by atoms with E-state index in [1.165, 1.54) is 29.5 Å². The third-order valence-electron chi connectivity index (χ3n) is 3.48. The number of benzene rings is 2. The van der Waals surface area contributed by atoms with Crippen LogP contribution in [-0.2, 0) is 4.79 Å². The van der Waals surface area contributed by atoms with Crippen LogP contribution >= 0.6 is 11.3 Å². The van der Waals surface area contributed by atoms with Gasteiger partial charge in [0.2, 0.25) is 0 Å². The topological polar surface area (TPSA) is 80.3 Å². The number of rotatable bonds is 6. The fourth-order valence-corrected chi connectivity index (χ4v) is 2.91. The highest BCUT2D eigenvalue weighted by molar-refractivity contribution is 7.15. The first-order valence-electron chi connectivity index (χ1n) is 8.03. The molecule has 1 heterocycles. The summed E-state index contributed by atoms with van der Waals surface area (Å²) in [6.45, 7) is 1.52. The van der Waals surface area contributed by atoms with E-state index in [1.807, 2.05) is 6.92 Å². The molecule has 138 valence electrons. The molecule has 0 aliphatic carbocycles. The van der Waals surface area contributed by atoms with Crippen molar-refractivity contribution in [2.75, 3.05) is 17.2 Å². The van der Waals surface area contributed by atoms with Crippen LogP contribution in [0.3, 0.4) is 0 Å². The predicted molar refractivity (Wildman–Crippen MR) is 102 cm³/mol. The van der Waals surface area contributed by atoms with Gasteiger partial charge < -0.3 is 10.1 Å². The number of amides is 2. The fraction of sp³-hybridized carbons (Fsp3) is 0.105. The molecule has 0 unspecified atom stereocenters. The maximum Gasteiger partial charge on any atom is 0.262 e. The van der Waals surface area contributed by atoms with Crippen molar-refractivity contribution in [3.63, 3.8) is 0 Å². The van der Waals surface area contributed by atoms with Gasteiger partial charge in [0.25, 0.3) is 11.8 Å². The molecule has 0 fully saturated rings. The van der Waals surface area contributed by atoms with Crippen molar-refractivity contribution in [2.45, 2.75) is 6.92 Å². The van der Waals surface area contributed by atoms with Crippen LogP contribution in [0.15, 0.2) is 54.7 Å². The second kappa shape index (κ2) is 8.41. The molecule has 0 saturated heterocycles. The van der Waals surface area contributed by atoms with Crippen molar-refractivity contribution >= 4 is 34.0 Å². The summed E-state index contributed by atoms with van der Waals surface area (Å²) >= 11 is 1.35. The molecule has 6 nitrogen and oxygen atoms in total. The van der Waals surface area contributed by atoms with Crippen LogP contribution in [0.4, 0.5) is 15.2 Å². The Hall–Kier alpha value is -3.26. The maximum atomic E-state index is 13.6. The summed E-state index contributed by atoms with van der Waals surface area (Å²) in [4.78, 5) is 29.5. The van der Waals surface area contributed by atoms with Crippen molar-refractivity contribution in [1.82, 2.24) is 4.98 Å². The number of aromatic nitrogens is 1. The molecule has 0 radical (unpaired) electrons. The van der Waals surface area contributed by atoms with Crippen molar-refractivity contribution in [2.24, 2.45) is 0 Å². The van der Waals surface area contributed by atoms with Crippen LogP contribution in [0, 0.1) is 12.7 Å². The molecular formula is C19H16FN3O3S. The monoisotopic (exact) mass is 385 g/mol. The van der Waals surface area contributed by atoms with Gasteiger partial charge in [-0.1, -0.05) is 24.3 Å². The van der Waals surface area contributed by atoms with Gasteiger partial charge in [-0.25, -0.2) is 9.37 Å². The van der Waals surface area contributed by atoms with Gasteiger partial charge in [-0.05, 0) is 31.2 Å². The first-order chi connectivity index (χ1) is 13.0. The van der Waals surface area contributed by atoms with Gasteiger partial charge in [0.1, 0.15) is 11.6 Å². The Labute approximate surface area is 159 Å². The minimum Gasteiger partial charge on any atom is -0.483 e. The molecule has 0 aliphatic rings. The minimum atomic E-state index is -0.538. The van der Waals surface area contributed by atoms with Crippen molar-refractivity contribution < 1.29 is 18.7 Å². The second-order valence-corrected chi connectivity index (χ2v) is 6.78. The molecule has 0 aliphatic heterocycles. The zero-order valence-corrected chi connectivity index (χ0v) is 15.2. The molecular weight excluding hydrogens is 369 g/mol. The van der Waals surface area contributed by atoms with Crippen molar-refractivity contribution in [1.29, 1.82) is 0 Å². The third kappa shape index (κ3) is 4.89. The first-order valence-corrected chi connectivity index (χ1v) is 8.84. The standard InChI is InChI=1S/C19H16FN3O3S/c1-12-10-21-19(27-12)23-18(25)13-6-2-5-9-16(13)26-11-17(24)22-15-8-4-3-7-14(15)20/h2-10H,11H2,1H3,(H,22,24)(H,21,23,25). The highest BCUT2D eigenvalue weighted by Crippen LogP contribution is 2.22. The van der Waals surface area contributed by atoms with E-state index < -0.39 is 17.6 Å².